The summed E-state index contributed by atoms with van der Waals surface area (Å²) >= 11 is 2.15. The minimum Gasteiger partial charge on any atom is -0.493 e. The molecule has 1 saturated carbocycles. The summed E-state index contributed by atoms with van der Waals surface area (Å²) in [7, 11) is 3.15. The Kier molecular flexibility index (Phi) is 4.50. The number of rotatable bonds is 4. The predicted octanol–water partition coefficient (Wildman–Crippen LogP) is 2.84. The van der Waals surface area contributed by atoms with Gasteiger partial charge in [0.1, 0.15) is 0 Å². The van der Waals surface area contributed by atoms with Crippen LogP contribution in [-0.2, 0) is 9.59 Å². The zero-order valence-corrected chi connectivity index (χ0v) is 16.7. The van der Waals surface area contributed by atoms with Crippen molar-refractivity contribution in [1.82, 2.24) is 5.01 Å². The second-order valence-electron chi connectivity index (χ2n) is 6.81. The first-order valence-electron chi connectivity index (χ1n) is 8.56. The summed E-state index contributed by atoms with van der Waals surface area (Å²) < 4.78 is 11.5. The van der Waals surface area contributed by atoms with E-state index in [0.717, 1.165) is 27.0 Å². The maximum Gasteiger partial charge on any atom is 0.254 e. The first kappa shape index (κ1) is 17.5. The third-order valence-electron chi connectivity index (χ3n) is 5.51. The Hall–Kier alpha value is -1.90. The van der Waals surface area contributed by atoms with Gasteiger partial charge in [-0.2, -0.15) is 10.1 Å². The van der Waals surface area contributed by atoms with Gasteiger partial charge in [0.15, 0.2) is 11.5 Å². The van der Waals surface area contributed by atoms with Gasteiger partial charge in [0.05, 0.1) is 35.8 Å². The van der Waals surface area contributed by atoms with E-state index in [1.165, 1.54) is 6.21 Å². The largest absolute Gasteiger partial charge is 0.493 e. The minimum absolute atomic E-state index is 0.170. The molecule has 1 aromatic rings. The minimum atomic E-state index is -0.242. The molecule has 7 heteroatoms. The standard InChI is InChI=1S/C19H19IN2O4/c1-25-14-8-10(7-13(20)17(14)26-2)9-21-22-18(23)15-11-3-4-12(6-5-11)16(15)19(22)24/h3-4,7-9,11-12,15-16H,5-6H2,1-2H3/b21-9-/t11-,12-,15+,16+/m1/s1. The molecular formula is C19H19IN2O4. The molecule has 1 aromatic carbocycles. The number of nitrogens with zero attached hydrogens (tertiary/aromatic N) is 2. The highest BCUT2D eigenvalue weighted by atomic mass is 127. The molecule has 0 radical (unpaired) electrons. The topological polar surface area (TPSA) is 68.2 Å². The van der Waals surface area contributed by atoms with E-state index < -0.39 is 0 Å². The zero-order chi connectivity index (χ0) is 18.4. The number of allylic oxidation sites excluding steroid dienone is 2. The predicted molar refractivity (Wildman–Crippen MR) is 104 cm³/mol. The van der Waals surface area contributed by atoms with Crippen LogP contribution < -0.4 is 9.47 Å². The lowest BCUT2D eigenvalue weighted by Gasteiger charge is -2.37. The van der Waals surface area contributed by atoms with E-state index in [1.807, 2.05) is 6.07 Å². The van der Waals surface area contributed by atoms with E-state index >= 15 is 0 Å². The number of hydrogen-bond acceptors (Lipinski definition) is 5. The fraction of sp³-hybridized carbons (Fsp3) is 0.421. The number of carbonyl (C=O) groups excluding carboxylic acids is 2. The van der Waals surface area contributed by atoms with Crippen LogP contribution in [0.1, 0.15) is 18.4 Å². The Morgan fingerprint density at radius 3 is 2.19 bits per heavy atom. The van der Waals surface area contributed by atoms with Crippen molar-refractivity contribution in [2.75, 3.05) is 14.2 Å². The van der Waals surface area contributed by atoms with Crippen molar-refractivity contribution >= 4 is 40.6 Å². The van der Waals surface area contributed by atoms with Gasteiger partial charge in [-0.3, -0.25) is 9.59 Å². The van der Waals surface area contributed by atoms with Crippen LogP contribution in [0.3, 0.4) is 0 Å². The first-order chi connectivity index (χ1) is 12.5. The molecule has 1 saturated heterocycles. The van der Waals surface area contributed by atoms with Gasteiger partial charge < -0.3 is 9.47 Å². The van der Waals surface area contributed by atoms with Crippen LogP contribution in [0.25, 0.3) is 0 Å². The maximum atomic E-state index is 12.8. The van der Waals surface area contributed by atoms with E-state index in [2.05, 4.69) is 39.8 Å². The molecular weight excluding hydrogens is 447 g/mol. The summed E-state index contributed by atoms with van der Waals surface area (Å²) in [5.41, 5.74) is 0.739. The Morgan fingerprint density at radius 2 is 1.69 bits per heavy atom. The van der Waals surface area contributed by atoms with Crippen molar-refractivity contribution < 1.29 is 19.1 Å². The summed E-state index contributed by atoms with van der Waals surface area (Å²) in [5, 5.41) is 5.30. The second-order valence-corrected chi connectivity index (χ2v) is 7.97. The molecule has 2 amide bonds. The van der Waals surface area contributed by atoms with Gasteiger partial charge in [0, 0.05) is 0 Å². The molecule has 26 heavy (non-hydrogen) atoms. The van der Waals surface area contributed by atoms with Crippen LogP contribution in [-0.4, -0.2) is 37.3 Å². The van der Waals surface area contributed by atoms with Crippen molar-refractivity contribution in [3.63, 3.8) is 0 Å². The number of benzene rings is 1. The monoisotopic (exact) mass is 466 g/mol. The van der Waals surface area contributed by atoms with Crippen molar-refractivity contribution in [1.29, 1.82) is 0 Å². The highest BCUT2D eigenvalue weighted by Crippen LogP contribution is 2.49. The molecule has 0 N–H and O–H groups in total. The normalized spacial score (nSPS) is 29.6. The number of hydrazone groups is 1. The second kappa shape index (κ2) is 6.68. The van der Waals surface area contributed by atoms with Gasteiger partial charge in [-0.15, -0.1) is 0 Å². The number of imide groups is 1. The number of hydrogen-bond donors (Lipinski definition) is 0. The molecule has 136 valence electrons. The summed E-state index contributed by atoms with van der Waals surface area (Å²) in [6.07, 6.45) is 7.70. The Morgan fingerprint density at radius 1 is 1.08 bits per heavy atom. The fourth-order valence-corrected chi connectivity index (χ4v) is 5.15. The molecule has 5 rings (SSSR count). The van der Waals surface area contributed by atoms with Crippen molar-refractivity contribution in [3.05, 3.63) is 33.4 Å². The van der Waals surface area contributed by atoms with Crippen LogP contribution in [0.4, 0.5) is 0 Å². The SMILES string of the molecule is COc1cc(/C=N\N2C(=O)[C@@H]3[C@@H](C2=O)[C@@H]2C=C[C@@H]3CC2)cc(I)c1OC. The fourth-order valence-electron chi connectivity index (χ4n) is 4.31. The van der Waals surface area contributed by atoms with Crippen LogP contribution in [0.5, 0.6) is 11.5 Å². The Labute approximate surface area is 165 Å². The number of fused-ring (bicyclic) bond motifs is 1. The molecule has 1 aliphatic heterocycles. The lowest BCUT2D eigenvalue weighted by molar-refractivity contribution is -0.140. The molecule has 0 spiro atoms. The molecule has 1 heterocycles. The highest BCUT2D eigenvalue weighted by Gasteiger charge is 2.56. The molecule has 4 atom stereocenters. The lowest BCUT2D eigenvalue weighted by Crippen LogP contribution is -2.38. The summed E-state index contributed by atoms with van der Waals surface area (Å²) in [4.78, 5) is 25.5. The van der Waals surface area contributed by atoms with Gasteiger partial charge in [0.2, 0.25) is 0 Å². The third-order valence-corrected chi connectivity index (χ3v) is 6.32. The summed E-state index contributed by atoms with van der Waals surface area (Å²) in [6, 6.07) is 3.64. The lowest BCUT2D eigenvalue weighted by atomic mass is 9.63. The van der Waals surface area contributed by atoms with Gasteiger partial charge in [0.25, 0.3) is 11.8 Å². The average molecular weight is 466 g/mol. The molecule has 3 aliphatic carbocycles. The van der Waals surface area contributed by atoms with Gasteiger partial charge in [-0.05, 0) is 65.0 Å². The van der Waals surface area contributed by atoms with Crippen LogP contribution in [0.15, 0.2) is 29.4 Å². The molecule has 4 aliphatic rings. The first-order valence-corrected chi connectivity index (χ1v) is 9.64. The third kappa shape index (κ3) is 2.64. The maximum absolute atomic E-state index is 12.8. The zero-order valence-electron chi connectivity index (χ0n) is 14.5. The van der Waals surface area contributed by atoms with Gasteiger partial charge >= 0.3 is 0 Å². The quantitative estimate of drug-likeness (QED) is 0.296. The van der Waals surface area contributed by atoms with Crippen molar-refractivity contribution in [2.24, 2.45) is 28.8 Å². The summed E-state index contributed by atoms with van der Waals surface area (Å²) in [5.74, 6) is 0.731. The number of halogens is 1. The Balaban J connectivity index is 1.61. The van der Waals surface area contributed by atoms with E-state index in [4.69, 9.17) is 9.47 Å². The number of methoxy groups -OCH3 is 2. The van der Waals surface area contributed by atoms with Crippen LogP contribution in [0, 0.1) is 27.2 Å². The molecule has 2 fully saturated rings. The Bertz CT molecular complexity index is 803. The number of amides is 2. The highest BCUT2D eigenvalue weighted by molar-refractivity contribution is 14.1. The van der Waals surface area contributed by atoms with Crippen LogP contribution in [0.2, 0.25) is 0 Å². The van der Waals surface area contributed by atoms with E-state index in [1.54, 1.807) is 20.3 Å². The average Bonchev–Trinajstić information content (AvgIpc) is 2.93. The number of ether oxygens (including phenoxy) is 2. The molecule has 6 nitrogen and oxygen atoms in total. The van der Waals surface area contributed by atoms with Crippen molar-refractivity contribution in [2.45, 2.75) is 12.8 Å². The van der Waals surface area contributed by atoms with E-state index in [0.29, 0.717) is 11.5 Å². The van der Waals surface area contributed by atoms with E-state index in [9.17, 15) is 9.59 Å². The molecule has 0 unspecified atom stereocenters. The smallest absolute Gasteiger partial charge is 0.254 e. The van der Waals surface area contributed by atoms with Crippen molar-refractivity contribution in [3.8, 4) is 11.5 Å². The molecule has 0 aromatic heterocycles. The molecule has 2 bridgehead atoms. The number of carbonyl (C=O) groups is 2. The summed E-state index contributed by atoms with van der Waals surface area (Å²) in [6.45, 7) is 0. The van der Waals surface area contributed by atoms with Gasteiger partial charge in [-0.1, -0.05) is 12.2 Å². The van der Waals surface area contributed by atoms with Gasteiger partial charge in [-0.25, -0.2) is 0 Å². The van der Waals surface area contributed by atoms with E-state index in [-0.39, 0.29) is 35.5 Å². The van der Waals surface area contributed by atoms with Crippen LogP contribution >= 0.6 is 22.6 Å².